The predicted octanol–water partition coefficient (Wildman–Crippen LogP) is 10.7. The maximum atomic E-state index is 10.5. The summed E-state index contributed by atoms with van der Waals surface area (Å²) in [7, 11) is 0. The largest absolute Gasteiger partial charge is 0.507 e. The number of para-hydroxylation sites is 1. The molecule has 0 aliphatic heterocycles. The van der Waals surface area contributed by atoms with Crippen LogP contribution in [0.4, 0.5) is 5.69 Å². The molecule has 0 saturated carbocycles. The van der Waals surface area contributed by atoms with Gasteiger partial charge in [0.25, 0.3) is 0 Å². The van der Waals surface area contributed by atoms with Crippen LogP contribution in [0.2, 0.25) is 0 Å². The minimum atomic E-state index is -0.0435. The molecule has 214 valence electrons. The van der Waals surface area contributed by atoms with Gasteiger partial charge in [-0.05, 0) is 75.5 Å². The van der Waals surface area contributed by atoms with Crippen molar-refractivity contribution in [1.29, 1.82) is 0 Å². The number of rotatable bonds is 6. The number of aromatic nitrogens is 1. The molecule has 0 amide bonds. The first-order chi connectivity index (χ1) is 20.7. The van der Waals surface area contributed by atoms with Crippen molar-refractivity contribution < 1.29 is 9.52 Å². The van der Waals surface area contributed by atoms with Crippen LogP contribution in [0.1, 0.15) is 57.2 Å². The highest BCUT2D eigenvalue weighted by molar-refractivity contribution is 5.97. The van der Waals surface area contributed by atoms with Gasteiger partial charge in [0.2, 0.25) is 5.89 Å². The fourth-order valence-corrected chi connectivity index (χ4v) is 5.24. The van der Waals surface area contributed by atoms with Crippen molar-refractivity contribution in [2.75, 3.05) is 0 Å². The Morgan fingerprint density at radius 3 is 2.19 bits per heavy atom. The molecule has 0 bridgehead atoms. The van der Waals surface area contributed by atoms with Crippen LogP contribution in [0, 0.1) is 0 Å². The molecular formula is C39H36N2O2. The number of aromatic hydroxyl groups is 1. The van der Waals surface area contributed by atoms with E-state index in [9.17, 15) is 5.11 Å². The molecule has 4 heteroatoms. The molecule has 5 aromatic carbocycles. The van der Waals surface area contributed by atoms with E-state index in [2.05, 4.69) is 83.1 Å². The average Bonchev–Trinajstić information content (AvgIpc) is 3.44. The summed E-state index contributed by atoms with van der Waals surface area (Å²) in [5.41, 5.74) is 10.4. The summed E-state index contributed by atoms with van der Waals surface area (Å²) >= 11 is 0. The minimum absolute atomic E-state index is 0.0435. The van der Waals surface area contributed by atoms with Crippen molar-refractivity contribution in [2.24, 2.45) is 4.99 Å². The van der Waals surface area contributed by atoms with Crippen LogP contribution < -0.4 is 0 Å². The smallest absolute Gasteiger partial charge is 0.229 e. The van der Waals surface area contributed by atoms with E-state index in [1.807, 2.05) is 54.6 Å². The van der Waals surface area contributed by atoms with Crippen LogP contribution >= 0.6 is 0 Å². The van der Waals surface area contributed by atoms with Crippen LogP contribution in [0.3, 0.4) is 0 Å². The molecule has 0 spiro atoms. The molecule has 0 saturated heterocycles. The summed E-state index contributed by atoms with van der Waals surface area (Å²) in [6, 6.07) is 36.8. The van der Waals surface area contributed by atoms with E-state index in [-0.39, 0.29) is 11.2 Å². The third-order valence-corrected chi connectivity index (χ3v) is 7.86. The number of hydrogen-bond acceptors (Lipinski definition) is 4. The molecule has 0 aliphatic rings. The molecule has 6 rings (SSSR count). The molecule has 1 aromatic heterocycles. The number of oxazole rings is 1. The number of aliphatic imine (C=N–C) groups is 1. The zero-order chi connectivity index (χ0) is 30.1. The van der Waals surface area contributed by atoms with Crippen LogP contribution in [0.5, 0.6) is 5.75 Å². The fourth-order valence-electron chi connectivity index (χ4n) is 5.24. The number of fused-ring (bicyclic) bond motifs is 1. The van der Waals surface area contributed by atoms with Gasteiger partial charge in [0.1, 0.15) is 11.3 Å². The molecule has 0 unspecified atom stereocenters. The molecule has 6 aromatic rings. The zero-order valence-corrected chi connectivity index (χ0v) is 25.3. The second-order valence-corrected chi connectivity index (χ2v) is 12.3. The van der Waals surface area contributed by atoms with Crippen molar-refractivity contribution in [3.63, 3.8) is 0 Å². The van der Waals surface area contributed by atoms with Crippen molar-refractivity contribution in [3.8, 4) is 39.5 Å². The van der Waals surface area contributed by atoms with Gasteiger partial charge in [-0.15, -0.1) is 0 Å². The van der Waals surface area contributed by atoms with Crippen molar-refractivity contribution in [2.45, 2.75) is 46.0 Å². The Hall–Kier alpha value is -4.96. The highest BCUT2D eigenvalue weighted by atomic mass is 16.3. The van der Waals surface area contributed by atoms with E-state index in [4.69, 9.17) is 14.4 Å². The Kier molecular flexibility index (Phi) is 7.45. The lowest BCUT2D eigenvalue weighted by molar-refractivity contribution is 0.473. The highest BCUT2D eigenvalue weighted by Crippen LogP contribution is 2.39. The predicted molar refractivity (Wildman–Crippen MR) is 178 cm³/mol. The number of phenols is 1. The lowest BCUT2D eigenvalue weighted by atomic mass is 9.86. The SMILES string of the molecule is CC(C)c1ccc(-c2cc(-c3ccccc3)c3nc(-c4ccccc4N=Cc4cc(C(C)(C)C)ccc4O)oc3c2)cc1. The molecule has 1 heterocycles. The van der Waals surface area contributed by atoms with Crippen LogP contribution in [0.25, 0.3) is 44.8 Å². The van der Waals surface area contributed by atoms with Crippen molar-refractivity contribution >= 4 is 23.0 Å². The van der Waals surface area contributed by atoms with E-state index >= 15 is 0 Å². The first kappa shape index (κ1) is 28.2. The molecule has 43 heavy (non-hydrogen) atoms. The van der Waals surface area contributed by atoms with Gasteiger partial charge in [-0.25, -0.2) is 4.98 Å². The van der Waals surface area contributed by atoms with Crippen LogP contribution in [-0.2, 0) is 5.41 Å². The maximum absolute atomic E-state index is 10.5. The van der Waals surface area contributed by atoms with Crippen molar-refractivity contribution in [3.05, 3.63) is 126 Å². The number of hydrogen-bond donors (Lipinski definition) is 1. The Morgan fingerprint density at radius 1 is 0.744 bits per heavy atom. The van der Waals surface area contributed by atoms with Gasteiger partial charge in [-0.3, -0.25) is 4.99 Å². The summed E-state index contributed by atoms with van der Waals surface area (Å²) in [5.74, 6) is 1.17. The Morgan fingerprint density at radius 2 is 1.47 bits per heavy atom. The fraction of sp³-hybridized carbons (Fsp3) is 0.179. The van der Waals surface area contributed by atoms with E-state index < -0.39 is 0 Å². The topological polar surface area (TPSA) is 58.6 Å². The molecule has 0 radical (unpaired) electrons. The molecule has 0 fully saturated rings. The van der Waals surface area contributed by atoms with Gasteiger partial charge in [-0.2, -0.15) is 0 Å². The number of nitrogens with zero attached hydrogens (tertiary/aromatic N) is 2. The van der Waals surface area contributed by atoms with Crippen LogP contribution in [-0.4, -0.2) is 16.3 Å². The second-order valence-electron chi connectivity index (χ2n) is 12.3. The molecular weight excluding hydrogens is 528 g/mol. The highest BCUT2D eigenvalue weighted by Gasteiger charge is 2.18. The first-order valence-corrected chi connectivity index (χ1v) is 14.7. The van der Waals surface area contributed by atoms with Gasteiger partial charge in [0.15, 0.2) is 5.58 Å². The third-order valence-electron chi connectivity index (χ3n) is 7.86. The monoisotopic (exact) mass is 564 g/mol. The summed E-state index contributed by atoms with van der Waals surface area (Å²) in [5, 5.41) is 10.5. The third kappa shape index (κ3) is 5.87. The van der Waals surface area contributed by atoms with E-state index in [0.29, 0.717) is 28.6 Å². The quantitative estimate of drug-likeness (QED) is 0.205. The Balaban J connectivity index is 1.45. The van der Waals surface area contributed by atoms with Gasteiger partial charge in [0.05, 0.1) is 11.3 Å². The van der Waals surface area contributed by atoms with E-state index in [1.54, 1.807) is 12.3 Å². The van der Waals surface area contributed by atoms with Gasteiger partial charge in [-0.1, -0.05) is 107 Å². The molecule has 0 aliphatic carbocycles. The van der Waals surface area contributed by atoms with Crippen LogP contribution in [0.15, 0.2) is 119 Å². The summed E-state index contributed by atoms with van der Waals surface area (Å²) < 4.78 is 6.49. The normalized spacial score (nSPS) is 12.0. The standard InChI is InChI=1S/C39H36N2O2/c1-25(2)26-15-17-27(18-16-26)29-22-33(28-11-7-6-8-12-28)37-36(23-29)43-38(41-37)32-13-9-10-14-34(32)40-24-30-21-31(39(3,4)5)19-20-35(30)42/h6-25,42H,1-5H3. The second kappa shape index (κ2) is 11.4. The molecule has 0 atom stereocenters. The van der Waals surface area contributed by atoms with Gasteiger partial charge in [0, 0.05) is 17.3 Å². The summed E-state index contributed by atoms with van der Waals surface area (Å²) in [6.07, 6.45) is 1.71. The summed E-state index contributed by atoms with van der Waals surface area (Å²) in [6.45, 7) is 10.9. The average molecular weight is 565 g/mol. The summed E-state index contributed by atoms with van der Waals surface area (Å²) in [4.78, 5) is 9.81. The number of benzene rings is 5. The lowest BCUT2D eigenvalue weighted by Crippen LogP contribution is -2.11. The number of phenolic OH excluding ortho intramolecular Hbond substituents is 1. The Labute approximate surface area is 253 Å². The first-order valence-electron chi connectivity index (χ1n) is 14.7. The minimum Gasteiger partial charge on any atom is -0.507 e. The van der Waals surface area contributed by atoms with E-state index in [1.165, 1.54) is 5.56 Å². The molecule has 4 nitrogen and oxygen atoms in total. The Bertz CT molecular complexity index is 1930. The van der Waals surface area contributed by atoms with Gasteiger partial charge < -0.3 is 9.52 Å². The lowest BCUT2D eigenvalue weighted by Gasteiger charge is -2.19. The molecule has 1 N–H and O–H groups in total. The maximum Gasteiger partial charge on any atom is 0.229 e. The van der Waals surface area contributed by atoms with Gasteiger partial charge >= 0.3 is 0 Å². The van der Waals surface area contributed by atoms with Crippen molar-refractivity contribution in [1.82, 2.24) is 4.98 Å². The zero-order valence-electron chi connectivity index (χ0n) is 25.3. The van der Waals surface area contributed by atoms with E-state index in [0.717, 1.165) is 38.9 Å².